The Kier molecular flexibility index (Phi) is 3.51. The molecule has 0 aliphatic carbocycles. The highest BCUT2D eigenvalue weighted by Gasteiger charge is 2.20. The van der Waals surface area contributed by atoms with Crippen molar-refractivity contribution < 1.29 is 13.5 Å². The number of rotatable bonds is 3. The van der Waals surface area contributed by atoms with Gasteiger partial charge in [-0.2, -0.15) is 0 Å². The van der Waals surface area contributed by atoms with Gasteiger partial charge in [0.05, 0.1) is 6.61 Å². The summed E-state index contributed by atoms with van der Waals surface area (Å²) in [5.74, 6) is -0.798. The summed E-state index contributed by atoms with van der Waals surface area (Å²) in [7, 11) is 1.42. The van der Waals surface area contributed by atoms with Crippen LogP contribution < -0.4 is 5.32 Å². The fourth-order valence-corrected chi connectivity index (χ4v) is 2.08. The molecule has 1 aliphatic rings. The van der Waals surface area contributed by atoms with Gasteiger partial charge in [-0.15, -0.1) is 0 Å². The first-order valence-corrected chi connectivity index (χ1v) is 5.40. The van der Waals surface area contributed by atoms with E-state index in [9.17, 15) is 8.78 Å². The summed E-state index contributed by atoms with van der Waals surface area (Å²) in [6.07, 6.45) is 0.933. The van der Waals surface area contributed by atoms with Gasteiger partial charge in [0.15, 0.2) is 0 Å². The number of ether oxygens (including phenoxy) is 1. The summed E-state index contributed by atoms with van der Waals surface area (Å²) in [6, 6.07) is 2.85. The van der Waals surface area contributed by atoms with Gasteiger partial charge in [-0.3, -0.25) is 0 Å². The van der Waals surface area contributed by atoms with Gasteiger partial charge in [0, 0.05) is 19.2 Å². The Labute approximate surface area is 93.6 Å². The van der Waals surface area contributed by atoms with Crippen LogP contribution in [0.5, 0.6) is 0 Å². The highest BCUT2D eigenvalue weighted by Crippen LogP contribution is 2.26. The SMILES string of the molecule is COCc1c(F)cc(C2CCNC2)cc1F. The summed E-state index contributed by atoms with van der Waals surface area (Å²) in [5.41, 5.74) is 0.747. The van der Waals surface area contributed by atoms with Gasteiger partial charge >= 0.3 is 0 Å². The van der Waals surface area contributed by atoms with Crippen LogP contribution in [0.1, 0.15) is 23.5 Å². The smallest absolute Gasteiger partial charge is 0.131 e. The predicted molar refractivity (Wildman–Crippen MR) is 57.3 cm³/mol. The number of hydrogen-bond donors (Lipinski definition) is 1. The van der Waals surface area contributed by atoms with Crippen molar-refractivity contribution in [3.63, 3.8) is 0 Å². The van der Waals surface area contributed by atoms with Gasteiger partial charge in [-0.05, 0) is 36.6 Å². The molecule has 1 aromatic carbocycles. The zero-order valence-electron chi connectivity index (χ0n) is 9.22. The first kappa shape index (κ1) is 11.5. The van der Waals surface area contributed by atoms with E-state index in [2.05, 4.69) is 5.32 Å². The second-order valence-electron chi connectivity index (χ2n) is 4.09. The van der Waals surface area contributed by atoms with Crippen molar-refractivity contribution >= 4 is 0 Å². The Morgan fingerprint density at radius 1 is 1.38 bits per heavy atom. The van der Waals surface area contributed by atoms with Crippen molar-refractivity contribution in [3.05, 3.63) is 34.9 Å². The number of nitrogens with one attached hydrogen (secondary N) is 1. The standard InChI is InChI=1S/C12H15F2NO/c1-16-7-10-11(13)4-9(5-12(10)14)8-2-3-15-6-8/h4-5,8,15H,2-3,6-7H2,1H3. The van der Waals surface area contributed by atoms with Crippen molar-refractivity contribution in [1.82, 2.24) is 5.32 Å². The molecule has 1 saturated heterocycles. The van der Waals surface area contributed by atoms with Crippen LogP contribution in [-0.2, 0) is 11.3 Å². The summed E-state index contributed by atoms with van der Waals surface area (Å²) in [5, 5.41) is 3.18. The number of methoxy groups -OCH3 is 1. The summed E-state index contributed by atoms with van der Waals surface area (Å²) in [4.78, 5) is 0. The molecule has 88 valence electrons. The molecule has 16 heavy (non-hydrogen) atoms. The second-order valence-corrected chi connectivity index (χ2v) is 4.09. The van der Waals surface area contributed by atoms with E-state index in [4.69, 9.17) is 4.74 Å². The Morgan fingerprint density at radius 3 is 2.56 bits per heavy atom. The normalized spacial score (nSPS) is 20.3. The molecule has 1 heterocycles. The third kappa shape index (κ3) is 2.23. The lowest BCUT2D eigenvalue weighted by atomic mass is 9.97. The first-order valence-electron chi connectivity index (χ1n) is 5.40. The zero-order chi connectivity index (χ0) is 11.5. The third-order valence-electron chi connectivity index (χ3n) is 2.98. The van der Waals surface area contributed by atoms with Crippen LogP contribution in [0.3, 0.4) is 0 Å². The summed E-state index contributed by atoms with van der Waals surface area (Å²) >= 11 is 0. The second kappa shape index (κ2) is 4.89. The maximum atomic E-state index is 13.6. The molecule has 1 fully saturated rings. The molecule has 1 unspecified atom stereocenters. The zero-order valence-corrected chi connectivity index (χ0v) is 9.22. The van der Waals surface area contributed by atoms with Gasteiger partial charge in [-0.1, -0.05) is 0 Å². The predicted octanol–water partition coefficient (Wildman–Crippen LogP) is 2.19. The van der Waals surface area contributed by atoms with E-state index in [-0.39, 0.29) is 18.1 Å². The summed E-state index contributed by atoms with van der Waals surface area (Å²) in [6.45, 7) is 1.68. The topological polar surface area (TPSA) is 21.3 Å². The van der Waals surface area contributed by atoms with Crippen LogP contribution in [0.25, 0.3) is 0 Å². The van der Waals surface area contributed by atoms with Crippen LogP contribution in [0.15, 0.2) is 12.1 Å². The Morgan fingerprint density at radius 2 is 2.06 bits per heavy atom. The van der Waals surface area contributed by atoms with Gasteiger partial charge in [0.1, 0.15) is 11.6 Å². The lowest BCUT2D eigenvalue weighted by molar-refractivity contribution is 0.177. The van der Waals surface area contributed by atoms with Crippen LogP contribution in [-0.4, -0.2) is 20.2 Å². The number of hydrogen-bond acceptors (Lipinski definition) is 2. The van der Waals surface area contributed by atoms with Crippen molar-refractivity contribution in [2.75, 3.05) is 20.2 Å². The van der Waals surface area contributed by atoms with Gasteiger partial charge in [-0.25, -0.2) is 8.78 Å². The van der Waals surface area contributed by atoms with E-state index in [0.717, 1.165) is 25.1 Å². The van der Waals surface area contributed by atoms with E-state index in [1.807, 2.05) is 0 Å². The molecule has 2 rings (SSSR count). The molecule has 0 aromatic heterocycles. The largest absolute Gasteiger partial charge is 0.380 e. The van der Waals surface area contributed by atoms with E-state index in [1.54, 1.807) is 0 Å². The van der Waals surface area contributed by atoms with Crippen LogP contribution in [0.2, 0.25) is 0 Å². The van der Waals surface area contributed by atoms with Gasteiger partial charge < -0.3 is 10.1 Å². The van der Waals surface area contributed by atoms with Gasteiger partial charge in [0.25, 0.3) is 0 Å². The van der Waals surface area contributed by atoms with Crippen LogP contribution in [0.4, 0.5) is 8.78 Å². The highest BCUT2D eigenvalue weighted by molar-refractivity contribution is 5.29. The fourth-order valence-electron chi connectivity index (χ4n) is 2.08. The minimum Gasteiger partial charge on any atom is -0.380 e. The number of halogens is 2. The molecular formula is C12H15F2NO. The molecule has 0 spiro atoms. The maximum Gasteiger partial charge on any atom is 0.131 e. The average molecular weight is 227 g/mol. The maximum absolute atomic E-state index is 13.6. The lowest BCUT2D eigenvalue weighted by Gasteiger charge is -2.11. The van der Waals surface area contributed by atoms with Crippen LogP contribution >= 0.6 is 0 Å². The molecule has 4 heteroatoms. The van der Waals surface area contributed by atoms with Gasteiger partial charge in [0.2, 0.25) is 0 Å². The molecule has 1 aliphatic heterocycles. The summed E-state index contributed by atoms with van der Waals surface area (Å²) < 4.78 is 32.0. The van der Waals surface area contributed by atoms with E-state index in [1.165, 1.54) is 19.2 Å². The Hall–Kier alpha value is -1.00. The van der Waals surface area contributed by atoms with Crippen molar-refractivity contribution in [2.24, 2.45) is 0 Å². The van der Waals surface area contributed by atoms with E-state index in [0.29, 0.717) is 0 Å². The van der Waals surface area contributed by atoms with Crippen molar-refractivity contribution in [3.8, 4) is 0 Å². The van der Waals surface area contributed by atoms with Crippen molar-refractivity contribution in [2.45, 2.75) is 18.9 Å². The molecule has 1 N–H and O–H groups in total. The minimum absolute atomic E-state index is 0.0113. The number of benzene rings is 1. The molecule has 0 amide bonds. The Bertz CT molecular complexity index is 352. The van der Waals surface area contributed by atoms with E-state index >= 15 is 0 Å². The molecule has 1 aromatic rings. The fraction of sp³-hybridized carbons (Fsp3) is 0.500. The quantitative estimate of drug-likeness (QED) is 0.854. The van der Waals surface area contributed by atoms with E-state index < -0.39 is 11.6 Å². The molecular weight excluding hydrogens is 212 g/mol. The highest BCUT2D eigenvalue weighted by atomic mass is 19.1. The monoisotopic (exact) mass is 227 g/mol. The molecule has 0 radical (unpaired) electrons. The molecule has 1 atom stereocenters. The Balaban J connectivity index is 2.28. The third-order valence-corrected chi connectivity index (χ3v) is 2.98. The average Bonchev–Trinajstić information content (AvgIpc) is 2.76. The minimum atomic E-state index is -0.510. The first-order chi connectivity index (χ1) is 7.72. The van der Waals surface area contributed by atoms with Crippen molar-refractivity contribution in [1.29, 1.82) is 0 Å². The lowest BCUT2D eigenvalue weighted by Crippen LogP contribution is -2.09. The molecule has 2 nitrogen and oxygen atoms in total. The van der Waals surface area contributed by atoms with Crippen LogP contribution in [0, 0.1) is 11.6 Å². The molecule has 0 bridgehead atoms. The molecule has 0 saturated carbocycles.